The summed E-state index contributed by atoms with van der Waals surface area (Å²) in [7, 11) is -3.64. The average Bonchev–Trinajstić information content (AvgIpc) is 3.07. The number of amides is 1. The van der Waals surface area contributed by atoms with E-state index in [-0.39, 0.29) is 22.6 Å². The van der Waals surface area contributed by atoms with Gasteiger partial charge in [-0.15, -0.1) is 0 Å². The molecule has 32 heavy (non-hydrogen) atoms. The van der Waals surface area contributed by atoms with Gasteiger partial charge in [-0.3, -0.25) is 14.5 Å². The van der Waals surface area contributed by atoms with Crippen LogP contribution in [0.5, 0.6) is 0 Å². The van der Waals surface area contributed by atoms with E-state index in [9.17, 15) is 13.2 Å². The fourth-order valence-electron chi connectivity index (χ4n) is 4.29. The third-order valence-corrected chi connectivity index (χ3v) is 7.81. The monoisotopic (exact) mass is 454 g/mol. The minimum atomic E-state index is -3.64. The van der Waals surface area contributed by atoms with Crippen LogP contribution in [0.25, 0.3) is 0 Å². The van der Waals surface area contributed by atoms with Crippen LogP contribution in [-0.2, 0) is 14.8 Å². The van der Waals surface area contributed by atoms with Crippen molar-refractivity contribution >= 4 is 27.5 Å². The van der Waals surface area contributed by atoms with Crippen LogP contribution in [0.15, 0.2) is 58.4 Å². The normalized spacial score (nSPS) is 20.5. The second-order valence-corrected chi connectivity index (χ2v) is 10.2. The van der Waals surface area contributed by atoms with Gasteiger partial charge in [0.2, 0.25) is 5.91 Å². The topological polar surface area (TPSA) is 82.1 Å². The number of carbonyl (C=O) groups excluding carboxylic acids is 1. The summed E-state index contributed by atoms with van der Waals surface area (Å²) in [5.41, 5.74) is 2.96. The number of amidine groups is 1. The van der Waals surface area contributed by atoms with Gasteiger partial charge in [-0.05, 0) is 36.6 Å². The number of benzene rings is 2. The number of anilines is 1. The van der Waals surface area contributed by atoms with Gasteiger partial charge in [0.25, 0.3) is 10.0 Å². The Balaban J connectivity index is 1.54. The molecule has 0 bridgehead atoms. The van der Waals surface area contributed by atoms with Gasteiger partial charge in [-0.2, -0.15) is 0 Å². The number of para-hydroxylation sites is 1. The molecular formula is C24H30N4O3S. The zero-order valence-corrected chi connectivity index (χ0v) is 19.6. The zero-order chi connectivity index (χ0) is 22.9. The number of aryl methyl sites for hydroxylation is 1. The number of piperazine rings is 1. The van der Waals surface area contributed by atoms with Crippen LogP contribution in [0.2, 0.25) is 0 Å². The van der Waals surface area contributed by atoms with Gasteiger partial charge in [0.1, 0.15) is 11.9 Å². The maximum Gasteiger partial charge on any atom is 0.263 e. The molecule has 0 aliphatic carbocycles. The number of fused-ring (bicyclic) bond motifs is 1. The predicted molar refractivity (Wildman–Crippen MR) is 127 cm³/mol. The standard InChI is InChI=1S/C24H30N4O3S/c1-4-17(2)22(25-23-19-10-6-8-12-21(19)32(30,31)26-23)24(29)28-15-13-27(14-16-28)20-11-7-5-9-18(20)3/h5-12,17,22H,4,13-16H2,1-3H3,(H,25,26)/t17-,22+/m0/s1. The van der Waals surface area contributed by atoms with Gasteiger partial charge >= 0.3 is 0 Å². The molecule has 1 N–H and O–H groups in total. The summed E-state index contributed by atoms with van der Waals surface area (Å²) in [6.07, 6.45) is 0.769. The molecule has 8 heteroatoms. The lowest BCUT2D eigenvalue weighted by molar-refractivity contribution is -0.133. The highest BCUT2D eigenvalue weighted by Gasteiger charge is 2.35. The van der Waals surface area contributed by atoms with Crippen molar-refractivity contribution in [2.24, 2.45) is 10.9 Å². The second kappa shape index (κ2) is 8.94. The van der Waals surface area contributed by atoms with Crippen molar-refractivity contribution < 1.29 is 13.2 Å². The first-order chi connectivity index (χ1) is 15.3. The van der Waals surface area contributed by atoms with Gasteiger partial charge < -0.3 is 9.80 Å². The highest BCUT2D eigenvalue weighted by atomic mass is 32.2. The van der Waals surface area contributed by atoms with Crippen molar-refractivity contribution in [3.05, 3.63) is 59.7 Å². The van der Waals surface area contributed by atoms with E-state index < -0.39 is 16.1 Å². The van der Waals surface area contributed by atoms with Gasteiger partial charge in [0.15, 0.2) is 0 Å². The van der Waals surface area contributed by atoms with Crippen molar-refractivity contribution in [3.63, 3.8) is 0 Å². The van der Waals surface area contributed by atoms with Crippen molar-refractivity contribution in [1.82, 2.24) is 9.62 Å². The van der Waals surface area contributed by atoms with Crippen LogP contribution in [0.1, 0.15) is 31.4 Å². The molecule has 7 nitrogen and oxygen atoms in total. The summed E-state index contributed by atoms with van der Waals surface area (Å²) >= 11 is 0. The lowest BCUT2D eigenvalue weighted by Gasteiger charge is -2.38. The molecule has 2 aliphatic heterocycles. The highest BCUT2D eigenvalue weighted by molar-refractivity contribution is 7.90. The molecule has 0 saturated carbocycles. The number of rotatable bonds is 5. The number of nitrogens with zero attached hydrogens (tertiary/aromatic N) is 3. The van der Waals surface area contributed by atoms with Crippen LogP contribution in [0.4, 0.5) is 5.69 Å². The molecule has 2 atom stereocenters. The molecule has 2 heterocycles. The first-order valence-electron chi connectivity index (χ1n) is 11.1. The Kier molecular flexibility index (Phi) is 6.24. The van der Waals surface area contributed by atoms with Crippen molar-refractivity contribution in [2.45, 2.75) is 38.1 Å². The highest BCUT2D eigenvalue weighted by Crippen LogP contribution is 2.26. The second-order valence-electron chi connectivity index (χ2n) is 8.51. The van der Waals surface area contributed by atoms with Gasteiger partial charge in [-0.1, -0.05) is 50.6 Å². The Bertz CT molecular complexity index is 1140. The molecule has 0 radical (unpaired) electrons. The first-order valence-corrected chi connectivity index (χ1v) is 12.6. The van der Waals surface area contributed by atoms with E-state index in [1.807, 2.05) is 30.9 Å². The lowest BCUT2D eigenvalue weighted by atomic mass is 9.97. The van der Waals surface area contributed by atoms with Crippen LogP contribution >= 0.6 is 0 Å². The fraction of sp³-hybridized carbons (Fsp3) is 0.417. The molecular weight excluding hydrogens is 424 g/mol. The van der Waals surface area contributed by atoms with E-state index in [0.717, 1.165) is 19.5 Å². The molecule has 2 aromatic rings. The number of hydrogen-bond donors (Lipinski definition) is 1. The largest absolute Gasteiger partial charge is 0.368 e. The fourth-order valence-corrected chi connectivity index (χ4v) is 5.53. The smallest absolute Gasteiger partial charge is 0.263 e. The van der Waals surface area contributed by atoms with Crippen LogP contribution < -0.4 is 9.62 Å². The molecule has 0 unspecified atom stereocenters. The number of hydrogen-bond acceptors (Lipinski definition) is 5. The summed E-state index contributed by atoms with van der Waals surface area (Å²) in [5.74, 6) is 0.208. The zero-order valence-electron chi connectivity index (χ0n) is 18.8. The lowest BCUT2D eigenvalue weighted by Crippen LogP contribution is -2.52. The van der Waals surface area contributed by atoms with Crippen LogP contribution in [0.3, 0.4) is 0 Å². The molecule has 4 rings (SSSR count). The molecule has 170 valence electrons. The SMILES string of the molecule is CC[C@H](C)[C@@H](N=C1NS(=O)(=O)c2ccccc21)C(=O)N1CCN(c2ccccc2C)CC1. The Morgan fingerprint density at radius 1 is 1.06 bits per heavy atom. The summed E-state index contributed by atoms with van der Waals surface area (Å²) in [6.45, 7) is 8.87. The Hall–Kier alpha value is -2.87. The summed E-state index contributed by atoms with van der Waals surface area (Å²) in [6, 6.07) is 14.4. The van der Waals surface area contributed by atoms with E-state index in [1.54, 1.807) is 24.3 Å². The van der Waals surface area contributed by atoms with Crippen molar-refractivity contribution in [2.75, 3.05) is 31.1 Å². The summed E-state index contributed by atoms with van der Waals surface area (Å²) in [5, 5.41) is 0. The number of aliphatic imine (C=N–C) groups is 1. The first kappa shape index (κ1) is 22.3. The average molecular weight is 455 g/mol. The van der Waals surface area contributed by atoms with E-state index in [2.05, 4.69) is 33.7 Å². The molecule has 1 saturated heterocycles. The third kappa shape index (κ3) is 4.24. The molecule has 2 aliphatic rings. The summed E-state index contributed by atoms with van der Waals surface area (Å²) in [4.78, 5) is 22.5. The third-order valence-electron chi connectivity index (χ3n) is 6.41. The molecule has 1 amide bonds. The maximum atomic E-state index is 13.5. The Labute approximate surface area is 190 Å². The number of sulfonamides is 1. The van der Waals surface area contributed by atoms with E-state index in [1.165, 1.54) is 11.3 Å². The molecule has 1 fully saturated rings. The van der Waals surface area contributed by atoms with E-state index in [0.29, 0.717) is 18.7 Å². The summed E-state index contributed by atoms with van der Waals surface area (Å²) < 4.78 is 27.5. The minimum Gasteiger partial charge on any atom is -0.368 e. The Morgan fingerprint density at radius 2 is 1.72 bits per heavy atom. The minimum absolute atomic E-state index is 0.0123. The number of carbonyl (C=O) groups is 1. The van der Waals surface area contributed by atoms with Crippen LogP contribution in [-0.4, -0.2) is 57.3 Å². The van der Waals surface area contributed by atoms with Gasteiger partial charge in [0, 0.05) is 37.4 Å². The quantitative estimate of drug-likeness (QED) is 0.753. The predicted octanol–water partition coefficient (Wildman–Crippen LogP) is 2.80. The van der Waals surface area contributed by atoms with E-state index in [4.69, 9.17) is 0 Å². The molecule has 0 aromatic heterocycles. The maximum absolute atomic E-state index is 13.5. The van der Waals surface area contributed by atoms with Crippen molar-refractivity contribution in [3.8, 4) is 0 Å². The van der Waals surface area contributed by atoms with Crippen molar-refractivity contribution in [1.29, 1.82) is 0 Å². The molecule has 2 aromatic carbocycles. The van der Waals surface area contributed by atoms with Gasteiger partial charge in [0.05, 0.1) is 4.90 Å². The molecule has 0 spiro atoms. The van der Waals surface area contributed by atoms with E-state index >= 15 is 0 Å². The van der Waals surface area contributed by atoms with Crippen LogP contribution in [0, 0.1) is 12.8 Å². The van der Waals surface area contributed by atoms with Gasteiger partial charge in [-0.25, -0.2) is 8.42 Å². The Morgan fingerprint density at radius 3 is 2.41 bits per heavy atom. The number of nitrogens with one attached hydrogen (secondary N) is 1.